The Labute approximate surface area is 530 Å². The first-order valence-electron chi connectivity index (χ1n) is 35.8. The summed E-state index contributed by atoms with van der Waals surface area (Å²) >= 11 is 0. The summed E-state index contributed by atoms with van der Waals surface area (Å²) in [5, 5.41) is 10.6. The third-order valence-electron chi connectivity index (χ3n) is 15.9. The molecular weight excluding hydrogens is 1150 g/mol. The molecule has 0 amide bonds. The molecule has 3 N–H and O–H groups in total. The summed E-state index contributed by atoms with van der Waals surface area (Å²) < 4.78 is 68.2. The Bertz CT molecular complexity index is 1670. The van der Waals surface area contributed by atoms with Gasteiger partial charge in [-0.3, -0.25) is 37.3 Å². The largest absolute Gasteiger partial charge is 0.472 e. The highest BCUT2D eigenvalue weighted by molar-refractivity contribution is 7.47. The lowest BCUT2D eigenvalue weighted by Gasteiger charge is -2.21. The zero-order valence-electron chi connectivity index (χ0n) is 56.0. The molecule has 0 saturated heterocycles. The van der Waals surface area contributed by atoms with Crippen molar-refractivity contribution in [2.45, 2.75) is 373 Å². The lowest BCUT2D eigenvalue weighted by atomic mass is 10.0. The summed E-state index contributed by atoms with van der Waals surface area (Å²) in [7, 11) is -9.89. The number of ether oxygens (including phenoxy) is 4. The number of hydrogen-bond donors (Lipinski definition) is 3. The van der Waals surface area contributed by atoms with Crippen molar-refractivity contribution in [3.63, 3.8) is 0 Å². The van der Waals surface area contributed by atoms with Crippen LogP contribution in [0.1, 0.15) is 355 Å². The highest BCUT2D eigenvalue weighted by Crippen LogP contribution is 2.45. The van der Waals surface area contributed by atoms with E-state index in [-0.39, 0.29) is 25.7 Å². The molecular formula is C68H132O17P2. The Hall–Kier alpha value is -1.94. The van der Waals surface area contributed by atoms with Crippen LogP contribution in [-0.2, 0) is 65.4 Å². The molecule has 0 radical (unpaired) electrons. The van der Waals surface area contributed by atoms with Gasteiger partial charge in [-0.1, -0.05) is 304 Å². The van der Waals surface area contributed by atoms with Crippen LogP contribution in [0.15, 0.2) is 0 Å². The SMILES string of the molecule is CCCCCCCCCCCCCCCC(=O)OC[C@H](COP(=O)(O)OC[C@@H](O)COP(=O)(O)OC[C@@H](COC(=O)CCCCCCCCCCC)OC(=O)CCCCCCCCCCCCCC)OC(=O)CCCCCCCCCCCCCCC. The molecule has 87 heavy (non-hydrogen) atoms. The van der Waals surface area contributed by atoms with Gasteiger partial charge in [0.2, 0.25) is 0 Å². The van der Waals surface area contributed by atoms with Crippen molar-refractivity contribution in [1.82, 2.24) is 0 Å². The second-order valence-electron chi connectivity index (χ2n) is 24.6. The molecule has 0 spiro atoms. The zero-order valence-corrected chi connectivity index (χ0v) is 57.8. The molecule has 0 aliphatic carbocycles. The highest BCUT2D eigenvalue weighted by atomic mass is 31.2. The molecule has 0 bridgehead atoms. The van der Waals surface area contributed by atoms with Crippen LogP contribution in [0.2, 0.25) is 0 Å². The monoisotopic (exact) mass is 1280 g/mol. The normalized spacial score (nSPS) is 14.1. The smallest absolute Gasteiger partial charge is 0.462 e. The van der Waals surface area contributed by atoms with E-state index in [4.69, 9.17) is 37.0 Å². The van der Waals surface area contributed by atoms with Crippen LogP contribution in [0.25, 0.3) is 0 Å². The van der Waals surface area contributed by atoms with Gasteiger partial charge in [-0.15, -0.1) is 0 Å². The maximum Gasteiger partial charge on any atom is 0.472 e. The number of aliphatic hydroxyl groups is 1. The summed E-state index contributed by atoms with van der Waals surface area (Å²) in [5.74, 6) is -2.12. The Kier molecular flexibility index (Phi) is 61.4. The van der Waals surface area contributed by atoms with E-state index in [0.29, 0.717) is 25.7 Å². The Morgan fingerprint density at radius 2 is 0.460 bits per heavy atom. The van der Waals surface area contributed by atoms with Crippen molar-refractivity contribution in [2.75, 3.05) is 39.6 Å². The molecule has 0 heterocycles. The van der Waals surface area contributed by atoms with Crippen molar-refractivity contribution < 1.29 is 80.2 Å². The molecule has 516 valence electrons. The first kappa shape index (κ1) is 85.1. The average molecular weight is 1280 g/mol. The minimum absolute atomic E-state index is 0.108. The average Bonchev–Trinajstić information content (AvgIpc) is 3.59. The van der Waals surface area contributed by atoms with Gasteiger partial charge in [0.05, 0.1) is 26.4 Å². The van der Waals surface area contributed by atoms with Crippen LogP contribution in [0.3, 0.4) is 0 Å². The fourth-order valence-corrected chi connectivity index (χ4v) is 11.9. The summed E-state index contributed by atoms with van der Waals surface area (Å²) in [6.45, 7) is 4.92. The van der Waals surface area contributed by atoms with Gasteiger partial charge in [0.15, 0.2) is 12.2 Å². The fourth-order valence-electron chi connectivity index (χ4n) is 10.3. The molecule has 0 aliphatic rings. The van der Waals surface area contributed by atoms with Gasteiger partial charge in [0, 0.05) is 25.7 Å². The number of esters is 4. The van der Waals surface area contributed by atoms with Crippen molar-refractivity contribution >= 4 is 39.5 Å². The predicted octanol–water partition coefficient (Wildman–Crippen LogP) is 19.5. The second kappa shape index (κ2) is 62.8. The van der Waals surface area contributed by atoms with Gasteiger partial charge in [-0.05, 0) is 25.7 Å². The second-order valence-corrected chi connectivity index (χ2v) is 27.5. The van der Waals surface area contributed by atoms with E-state index in [1.54, 1.807) is 0 Å². The molecule has 17 nitrogen and oxygen atoms in total. The van der Waals surface area contributed by atoms with E-state index in [1.807, 2.05) is 0 Å². The number of unbranched alkanes of at least 4 members (excludes halogenated alkanes) is 43. The number of hydrogen-bond acceptors (Lipinski definition) is 15. The third-order valence-corrected chi connectivity index (χ3v) is 17.8. The maximum absolute atomic E-state index is 13.0. The van der Waals surface area contributed by atoms with Crippen LogP contribution >= 0.6 is 15.6 Å². The molecule has 0 aliphatic heterocycles. The number of rotatable bonds is 69. The van der Waals surface area contributed by atoms with Crippen LogP contribution < -0.4 is 0 Å². The zero-order chi connectivity index (χ0) is 64.0. The topological polar surface area (TPSA) is 237 Å². The number of phosphoric ester groups is 2. The molecule has 0 fully saturated rings. The number of aliphatic hydroxyl groups excluding tert-OH is 1. The molecule has 0 aromatic rings. The van der Waals surface area contributed by atoms with Gasteiger partial charge < -0.3 is 33.8 Å². The number of carbonyl (C=O) groups is 4. The minimum atomic E-state index is -4.95. The van der Waals surface area contributed by atoms with E-state index in [1.165, 1.54) is 186 Å². The van der Waals surface area contributed by atoms with Gasteiger partial charge in [0.25, 0.3) is 0 Å². The predicted molar refractivity (Wildman–Crippen MR) is 349 cm³/mol. The van der Waals surface area contributed by atoms with Crippen LogP contribution in [0.5, 0.6) is 0 Å². The fraction of sp³-hybridized carbons (Fsp3) is 0.941. The number of phosphoric acid groups is 2. The Morgan fingerprint density at radius 1 is 0.276 bits per heavy atom. The quantitative estimate of drug-likeness (QED) is 0.0222. The first-order valence-corrected chi connectivity index (χ1v) is 38.8. The highest BCUT2D eigenvalue weighted by Gasteiger charge is 2.30. The van der Waals surface area contributed by atoms with E-state index >= 15 is 0 Å². The molecule has 2 unspecified atom stereocenters. The van der Waals surface area contributed by atoms with Crippen LogP contribution in [0, 0.1) is 0 Å². The van der Waals surface area contributed by atoms with Crippen LogP contribution in [0.4, 0.5) is 0 Å². The number of carbonyl (C=O) groups excluding carboxylic acids is 4. The molecule has 5 atom stereocenters. The Morgan fingerprint density at radius 3 is 0.678 bits per heavy atom. The first-order chi connectivity index (χ1) is 42.2. The van der Waals surface area contributed by atoms with Gasteiger partial charge in [-0.2, -0.15) is 0 Å². The van der Waals surface area contributed by atoms with Crippen molar-refractivity contribution in [2.24, 2.45) is 0 Å². The maximum atomic E-state index is 13.0. The van der Waals surface area contributed by atoms with E-state index < -0.39 is 97.5 Å². The summed E-state index contributed by atoms with van der Waals surface area (Å²) in [6.07, 6.45) is 49.7. The van der Waals surface area contributed by atoms with Crippen molar-refractivity contribution in [3.05, 3.63) is 0 Å². The van der Waals surface area contributed by atoms with Crippen molar-refractivity contribution in [3.8, 4) is 0 Å². The summed E-state index contributed by atoms with van der Waals surface area (Å²) in [5.41, 5.74) is 0. The van der Waals surface area contributed by atoms with E-state index in [9.17, 15) is 43.2 Å². The molecule has 0 aromatic carbocycles. The standard InChI is InChI=1S/C68H132O17P2/c1-5-9-13-17-21-25-28-31-34-37-41-45-49-53-66(71)79-59-64(85-68(73)55-51-47-43-39-35-32-29-26-22-18-14-10-6-2)61-83-87(76,77)81-57-62(69)56-80-86(74,75)82-60-63(58-78-65(70)52-48-44-40-36-24-20-16-12-8-4)84-67(72)54-50-46-42-38-33-30-27-23-19-15-11-7-3/h62-64,69H,5-61H2,1-4H3,(H,74,75)(H,76,77)/t62-,63+,64+/m0/s1. The lowest BCUT2D eigenvalue weighted by Crippen LogP contribution is -2.30. The van der Waals surface area contributed by atoms with Gasteiger partial charge in [-0.25, -0.2) is 9.13 Å². The minimum Gasteiger partial charge on any atom is -0.462 e. The van der Waals surface area contributed by atoms with Gasteiger partial charge in [0.1, 0.15) is 19.3 Å². The molecule has 0 saturated carbocycles. The lowest BCUT2D eigenvalue weighted by molar-refractivity contribution is -0.161. The van der Waals surface area contributed by atoms with Gasteiger partial charge >= 0.3 is 39.5 Å². The summed E-state index contributed by atoms with van der Waals surface area (Å²) in [4.78, 5) is 72.4. The van der Waals surface area contributed by atoms with Crippen molar-refractivity contribution in [1.29, 1.82) is 0 Å². The van der Waals surface area contributed by atoms with E-state index in [0.717, 1.165) is 89.9 Å². The third kappa shape index (κ3) is 62.6. The van der Waals surface area contributed by atoms with Crippen LogP contribution in [-0.4, -0.2) is 96.7 Å². The molecule has 0 aromatic heterocycles. The molecule has 0 rings (SSSR count). The summed E-state index contributed by atoms with van der Waals surface area (Å²) in [6, 6.07) is 0. The Balaban J connectivity index is 5.23. The molecule has 19 heteroatoms. The van der Waals surface area contributed by atoms with E-state index in [2.05, 4.69) is 27.7 Å².